The minimum Gasteiger partial charge on any atom is -0.383 e. The number of aromatic nitrogens is 2. The lowest BCUT2D eigenvalue weighted by Crippen LogP contribution is -2.48. The molecule has 0 unspecified atom stereocenters. The fourth-order valence-corrected chi connectivity index (χ4v) is 1.22. The van der Waals surface area contributed by atoms with Crippen LogP contribution >= 0.6 is 0 Å². The van der Waals surface area contributed by atoms with Crippen molar-refractivity contribution in [1.29, 1.82) is 0 Å². The van der Waals surface area contributed by atoms with Gasteiger partial charge in [0, 0.05) is 24.7 Å². The van der Waals surface area contributed by atoms with E-state index in [4.69, 9.17) is 11.5 Å². The van der Waals surface area contributed by atoms with Gasteiger partial charge in [-0.25, -0.2) is 9.97 Å². The first-order valence-electron chi connectivity index (χ1n) is 4.91. The molecular formula is C10H19N5. The third-order valence-electron chi connectivity index (χ3n) is 2.82. The van der Waals surface area contributed by atoms with E-state index >= 15 is 0 Å². The molecule has 1 rings (SSSR count). The molecule has 1 aromatic rings. The third kappa shape index (κ3) is 2.18. The molecule has 5 heteroatoms. The van der Waals surface area contributed by atoms with Crippen molar-refractivity contribution >= 4 is 11.6 Å². The molecule has 1 heterocycles. The van der Waals surface area contributed by atoms with Crippen molar-refractivity contribution in [2.24, 2.45) is 5.73 Å². The van der Waals surface area contributed by atoms with E-state index in [-0.39, 0.29) is 5.54 Å². The zero-order valence-electron chi connectivity index (χ0n) is 9.78. The number of rotatable bonds is 3. The van der Waals surface area contributed by atoms with E-state index in [0.29, 0.717) is 12.4 Å². The number of likely N-dealkylation sites (N-methyl/N-ethyl adjacent to an activating group) is 1. The van der Waals surface area contributed by atoms with E-state index in [9.17, 15) is 0 Å². The average Bonchev–Trinajstić information content (AvgIpc) is 2.21. The van der Waals surface area contributed by atoms with Crippen LogP contribution in [0, 0.1) is 6.92 Å². The molecule has 0 bridgehead atoms. The first-order valence-corrected chi connectivity index (χ1v) is 4.91. The maximum absolute atomic E-state index is 5.73. The second kappa shape index (κ2) is 4.02. The van der Waals surface area contributed by atoms with Crippen LogP contribution in [0.2, 0.25) is 0 Å². The van der Waals surface area contributed by atoms with E-state index in [0.717, 1.165) is 11.4 Å². The normalized spacial score (nSPS) is 11.5. The largest absolute Gasteiger partial charge is 0.383 e. The highest BCUT2D eigenvalue weighted by atomic mass is 15.2. The molecule has 0 aliphatic carbocycles. The minimum absolute atomic E-state index is 0.147. The molecule has 0 saturated heterocycles. The van der Waals surface area contributed by atoms with Gasteiger partial charge in [-0.2, -0.15) is 0 Å². The van der Waals surface area contributed by atoms with Crippen molar-refractivity contribution in [3.05, 3.63) is 11.9 Å². The molecule has 15 heavy (non-hydrogen) atoms. The van der Waals surface area contributed by atoms with Crippen LogP contribution in [0.25, 0.3) is 0 Å². The monoisotopic (exact) mass is 209 g/mol. The molecule has 5 nitrogen and oxygen atoms in total. The van der Waals surface area contributed by atoms with Crippen molar-refractivity contribution in [3.8, 4) is 0 Å². The van der Waals surface area contributed by atoms with Gasteiger partial charge in [0.1, 0.15) is 18.0 Å². The quantitative estimate of drug-likeness (QED) is 0.759. The summed E-state index contributed by atoms with van der Waals surface area (Å²) in [5.41, 5.74) is 12.2. The molecule has 0 spiro atoms. The Hall–Kier alpha value is -1.36. The first-order chi connectivity index (χ1) is 6.90. The molecule has 0 saturated carbocycles. The molecule has 84 valence electrons. The number of nitrogen functional groups attached to an aromatic ring is 1. The fourth-order valence-electron chi connectivity index (χ4n) is 1.22. The van der Waals surface area contributed by atoms with Crippen LogP contribution in [0.1, 0.15) is 19.4 Å². The van der Waals surface area contributed by atoms with Crippen LogP contribution in [0.4, 0.5) is 11.6 Å². The third-order valence-corrected chi connectivity index (χ3v) is 2.82. The zero-order valence-corrected chi connectivity index (χ0v) is 9.78. The number of nitrogens with two attached hydrogens (primary N) is 2. The molecule has 0 amide bonds. The Morgan fingerprint density at radius 1 is 1.40 bits per heavy atom. The van der Waals surface area contributed by atoms with Gasteiger partial charge in [0.15, 0.2) is 0 Å². The predicted octanol–water partition coefficient (Wildman–Crippen LogP) is 0.541. The summed E-state index contributed by atoms with van der Waals surface area (Å²) in [6, 6.07) is 0. The molecule has 0 radical (unpaired) electrons. The van der Waals surface area contributed by atoms with Crippen molar-refractivity contribution in [2.75, 3.05) is 24.2 Å². The SMILES string of the molecule is Cc1c(N)ncnc1N(C)C(C)(C)CN. The van der Waals surface area contributed by atoms with Crippen molar-refractivity contribution in [2.45, 2.75) is 26.3 Å². The number of hydrogen-bond acceptors (Lipinski definition) is 5. The van der Waals surface area contributed by atoms with Crippen LogP contribution in [0.3, 0.4) is 0 Å². The maximum Gasteiger partial charge on any atom is 0.137 e. The van der Waals surface area contributed by atoms with Crippen LogP contribution in [0.5, 0.6) is 0 Å². The van der Waals surface area contributed by atoms with E-state index in [2.05, 4.69) is 23.8 Å². The van der Waals surface area contributed by atoms with Crippen LogP contribution in [-0.2, 0) is 0 Å². The lowest BCUT2D eigenvalue weighted by molar-refractivity contribution is 0.493. The van der Waals surface area contributed by atoms with Gasteiger partial charge in [0.25, 0.3) is 0 Å². The Morgan fingerprint density at radius 2 is 2.00 bits per heavy atom. The van der Waals surface area contributed by atoms with Gasteiger partial charge in [0.2, 0.25) is 0 Å². The summed E-state index contributed by atoms with van der Waals surface area (Å²) in [6.45, 7) is 6.58. The molecule has 1 aromatic heterocycles. The van der Waals surface area contributed by atoms with E-state index in [1.165, 1.54) is 6.33 Å². The summed E-state index contributed by atoms with van der Waals surface area (Å²) >= 11 is 0. The Morgan fingerprint density at radius 3 is 2.53 bits per heavy atom. The molecule has 0 aliphatic heterocycles. The lowest BCUT2D eigenvalue weighted by atomic mass is 10.0. The van der Waals surface area contributed by atoms with Gasteiger partial charge in [-0.3, -0.25) is 0 Å². The van der Waals surface area contributed by atoms with Gasteiger partial charge in [-0.15, -0.1) is 0 Å². The smallest absolute Gasteiger partial charge is 0.137 e. The number of hydrogen-bond donors (Lipinski definition) is 2. The Balaban J connectivity index is 3.12. The standard InChI is InChI=1S/C10H19N5/c1-7-8(12)13-6-14-9(7)15(4)10(2,3)5-11/h6H,5,11H2,1-4H3,(H2,12,13,14). The Kier molecular flexibility index (Phi) is 3.14. The highest BCUT2D eigenvalue weighted by molar-refractivity contribution is 5.56. The maximum atomic E-state index is 5.73. The Labute approximate surface area is 90.5 Å². The summed E-state index contributed by atoms with van der Waals surface area (Å²) in [7, 11) is 1.96. The van der Waals surface area contributed by atoms with Gasteiger partial charge in [0.05, 0.1) is 0 Å². The van der Waals surface area contributed by atoms with Crippen molar-refractivity contribution < 1.29 is 0 Å². The molecule has 0 fully saturated rings. The summed E-state index contributed by atoms with van der Waals surface area (Å²) in [6.07, 6.45) is 1.47. The van der Waals surface area contributed by atoms with Crippen LogP contribution < -0.4 is 16.4 Å². The molecular weight excluding hydrogens is 190 g/mol. The van der Waals surface area contributed by atoms with Gasteiger partial charge in [-0.1, -0.05) is 0 Å². The average molecular weight is 209 g/mol. The molecule has 0 aliphatic rings. The lowest BCUT2D eigenvalue weighted by Gasteiger charge is -2.36. The van der Waals surface area contributed by atoms with Crippen LogP contribution in [0.15, 0.2) is 6.33 Å². The topological polar surface area (TPSA) is 81.1 Å². The number of anilines is 2. The molecule has 0 aromatic carbocycles. The summed E-state index contributed by atoms with van der Waals surface area (Å²) in [5.74, 6) is 1.35. The highest BCUT2D eigenvalue weighted by Crippen LogP contribution is 2.24. The Bertz CT molecular complexity index is 348. The van der Waals surface area contributed by atoms with Gasteiger partial charge in [-0.05, 0) is 20.8 Å². The predicted molar refractivity (Wildman–Crippen MR) is 62.7 cm³/mol. The number of nitrogens with zero attached hydrogens (tertiary/aromatic N) is 3. The molecule has 0 atom stereocenters. The zero-order chi connectivity index (χ0) is 11.6. The second-order valence-corrected chi connectivity index (χ2v) is 4.28. The first kappa shape index (κ1) is 11.7. The summed E-state index contributed by atoms with van der Waals surface area (Å²) < 4.78 is 0. The van der Waals surface area contributed by atoms with E-state index in [1.807, 2.05) is 18.9 Å². The highest BCUT2D eigenvalue weighted by Gasteiger charge is 2.24. The summed E-state index contributed by atoms with van der Waals surface area (Å²) in [4.78, 5) is 10.2. The van der Waals surface area contributed by atoms with Crippen LogP contribution in [-0.4, -0.2) is 29.1 Å². The van der Waals surface area contributed by atoms with Gasteiger partial charge >= 0.3 is 0 Å². The van der Waals surface area contributed by atoms with Gasteiger partial charge < -0.3 is 16.4 Å². The second-order valence-electron chi connectivity index (χ2n) is 4.28. The van der Waals surface area contributed by atoms with Crippen molar-refractivity contribution in [3.63, 3.8) is 0 Å². The fraction of sp³-hybridized carbons (Fsp3) is 0.600. The molecule has 4 N–H and O–H groups in total. The minimum atomic E-state index is -0.147. The van der Waals surface area contributed by atoms with Crippen molar-refractivity contribution in [1.82, 2.24) is 9.97 Å². The van der Waals surface area contributed by atoms with E-state index in [1.54, 1.807) is 0 Å². The van der Waals surface area contributed by atoms with E-state index < -0.39 is 0 Å². The summed E-state index contributed by atoms with van der Waals surface area (Å²) in [5, 5.41) is 0.